The number of nitro groups is 1. The molecule has 0 spiro atoms. The average Bonchev–Trinajstić information content (AvgIpc) is 2.66. The number of carbonyl (C=O) groups is 1. The zero-order valence-electron chi connectivity index (χ0n) is 8.90. The van der Waals surface area contributed by atoms with Gasteiger partial charge in [-0.1, -0.05) is 5.92 Å². The van der Waals surface area contributed by atoms with Crippen LogP contribution in [-0.2, 0) is 0 Å². The van der Waals surface area contributed by atoms with Crippen molar-refractivity contribution in [3.8, 4) is 12.3 Å². The SMILES string of the molecule is C#CC(C)(C)NC(=O)c1cc([N+](=O)[O-])c[nH]1. The van der Waals surface area contributed by atoms with E-state index >= 15 is 0 Å². The molecule has 6 heteroatoms. The lowest BCUT2D eigenvalue weighted by molar-refractivity contribution is -0.384. The lowest BCUT2D eigenvalue weighted by atomic mass is 10.1. The first kappa shape index (κ1) is 11.8. The van der Waals surface area contributed by atoms with Gasteiger partial charge in [0.05, 0.1) is 16.7 Å². The molecule has 2 N–H and O–H groups in total. The number of H-pyrrole nitrogens is 1. The first-order valence-corrected chi connectivity index (χ1v) is 4.49. The quantitative estimate of drug-likeness (QED) is 0.454. The van der Waals surface area contributed by atoms with E-state index in [9.17, 15) is 14.9 Å². The van der Waals surface area contributed by atoms with Crippen LogP contribution >= 0.6 is 0 Å². The van der Waals surface area contributed by atoms with E-state index < -0.39 is 16.4 Å². The Morgan fingerprint density at radius 3 is 2.75 bits per heavy atom. The first-order valence-electron chi connectivity index (χ1n) is 4.49. The summed E-state index contributed by atoms with van der Waals surface area (Å²) in [6.45, 7) is 3.31. The van der Waals surface area contributed by atoms with Gasteiger partial charge in [-0.25, -0.2) is 0 Å². The van der Waals surface area contributed by atoms with Crippen LogP contribution in [0.4, 0.5) is 5.69 Å². The highest BCUT2D eigenvalue weighted by atomic mass is 16.6. The predicted octanol–water partition coefficient (Wildman–Crippen LogP) is 1.06. The molecule has 1 aromatic heterocycles. The predicted molar refractivity (Wildman–Crippen MR) is 57.8 cm³/mol. The Morgan fingerprint density at radius 1 is 1.69 bits per heavy atom. The highest BCUT2D eigenvalue weighted by Crippen LogP contribution is 2.12. The van der Waals surface area contributed by atoms with Crippen molar-refractivity contribution in [2.45, 2.75) is 19.4 Å². The van der Waals surface area contributed by atoms with Gasteiger partial charge >= 0.3 is 0 Å². The summed E-state index contributed by atoms with van der Waals surface area (Å²) in [6, 6.07) is 1.15. The highest BCUT2D eigenvalue weighted by Gasteiger charge is 2.20. The van der Waals surface area contributed by atoms with Gasteiger partial charge in [0.25, 0.3) is 11.6 Å². The van der Waals surface area contributed by atoms with Gasteiger partial charge < -0.3 is 10.3 Å². The summed E-state index contributed by atoms with van der Waals surface area (Å²) in [4.78, 5) is 23.9. The van der Waals surface area contributed by atoms with Crippen molar-refractivity contribution >= 4 is 11.6 Å². The van der Waals surface area contributed by atoms with Crippen molar-refractivity contribution < 1.29 is 9.72 Å². The van der Waals surface area contributed by atoms with Crippen LogP contribution in [0.2, 0.25) is 0 Å². The average molecular weight is 221 g/mol. The number of aromatic nitrogens is 1. The van der Waals surface area contributed by atoms with E-state index in [-0.39, 0.29) is 11.4 Å². The zero-order chi connectivity index (χ0) is 12.3. The van der Waals surface area contributed by atoms with Crippen molar-refractivity contribution in [1.29, 1.82) is 0 Å². The molecular formula is C10H11N3O3. The van der Waals surface area contributed by atoms with Gasteiger partial charge in [-0.3, -0.25) is 14.9 Å². The standard InChI is InChI=1S/C10H11N3O3/c1-4-10(2,3)12-9(14)8-5-7(6-11-8)13(15)16/h1,5-6,11H,2-3H3,(H,12,14). The lowest BCUT2D eigenvalue weighted by Crippen LogP contribution is -2.42. The number of aromatic amines is 1. The molecule has 0 fully saturated rings. The number of hydrogen-bond donors (Lipinski definition) is 2. The van der Waals surface area contributed by atoms with E-state index in [1.807, 2.05) is 0 Å². The molecule has 0 radical (unpaired) electrons. The Hall–Kier alpha value is -2.29. The van der Waals surface area contributed by atoms with E-state index in [0.717, 1.165) is 12.3 Å². The second kappa shape index (κ2) is 4.06. The van der Waals surface area contributed by atoms with E-state index in [0.29, 0.717) is 0 Å². The molecule has 0 saturated heterocycles. The van der Waals surface area contributed by atoms with Crippen LogP contribution in [0.1, 0.15) is 24.3 Å². The molecule has 16 heavy (non-hydrogen) atoms. The second-order valence-corrected chi connectivity index (χ2v) is 3.75. The minimum Gasteiger partial charge on any atom is -0.351 e. The van der Waals surface area contributed by atoms with Gasteiger partial charge in [-0.15, -0.1) is 6.42 Å². The number of carbonyl (C=O) groups excluding carboxylic acids is 1. The van der Waals surface area contributed by atoms with Crippen LogP contribution < -0.4 is 5.32 Å². The number of nitrogens with one attached hydrogen (secondary N) is 2. The van der Waals surface area contributed by atoms with Crippen molar-refractivity contribution in [3.05, 3.63) is 28.1 Å². The molecule has 1 amide bonds. The summed E-state index contributed by atoms with van der Waals surface area (Å²) in [5.74, 6) is 1.92. The van der Waals surface area contributed by atoms with Crippen molar-refractivity contribution in [3.63, 3.8) is 0 Å². The van der Waals surface area contributed by atoms with Crippen LogP contribution in [-0.4, -0.2) is 21.4 Å². The van der Waals surface area contributed by atoms with Gasteiger partial charge in [0.15, 0.2) is 0 Å². The van der Waals surface area contributed by atoms with E-state index in [1.165, 1.54) is 0 Å². The molecule has 1 heterocycles. The number of amides is 1. The van der Waals surface area contributed by atoms with Gasteiger partial charge in [0.1, 0.15) is 5.69 Å². The summed E-state index contributed by atoms with van der Waals surface area (Å²) in [7, 11) is 0. The molecule has 0 unspecified atom stereocenters. The van der Waals surface area contributed by atoms with Gasteiger partial charge in [0, 0.05) is 6.07 Å². The largest absolute Gasteiger partial charge is 0.351 e. The van der Waals surface area contributed by atoms with Crippen LogP contribution in [0.3, 0.4) is 0 Å². The number of rotatable bonds is 3. The van der Waals surface area contributed by atoms with Crippen LogP contribution in [0.25, 0.3) is 0 Å². The topological polar surface area (TPSA) is 88.0 Å². The van der Waals surface area contributed by atoms with Crippen LogP contribution in [0, 0.1) is 22.5 Å². The third kappa shape index (κ3) is 2.60. The molecule has 1 aromatic rings. The van der Waals surface area contributed by atoms with Crippen LogP contribution in [0.5, 0.6) is 0 Å². The third-order valence-electron chi connectivity index (χ3n) is 1.91. The maximum atomic E-state index is 11.6. The first-order chi connectivity index (χ1) is 7.35. The summed E-state index contributed by atoms with van der Waals surface area (Å²) in [5.41, 5.74) is -0.851. The molecular weight excluding hydrogens is 210 g/mol. The van der Waals surface area contributed by atoms with Gasteiger partial charge in [0.2, 0.25) is 0 Å². The van der Waals surface area contributed by atoms with Gasteiger partial charge in [-0.2, -0.15) is 0 Å². The molecule has 0 saturated carbocycles. The molecule has 0 aromatic carbocycles. The monoisotopic (exact) mass is 221 g/mol. The summed E-state index contributed by atoms with van der Waals surface area (Å²) >= 11 is 0. The number of nitrogens with zero attached hydrogens (tertiary/aromatic N) is 1. The van der Waals surface area contributed by atoms with Crippen LogP contribution in [0.15, 0.2) is 12.3 Å². The normalized spacial score (nSPS) is 10.6. The third-order valence-corrected chi connectivity index (χ3v) is 1.91. The molecule has 1 rings (SSSR count). The van der Waals surface area contributed by atoms with Crippen molar-refractivity contribution in [2.24, 2.45) is 0 Å². The maximum absolute atomic E-state index is 11.6. The van der Waals surface area contributed by atoms with E-state index in [1.54, 1.807) is 13.8 Å². The Bertz CT molecular complexity index is 468. The Balaban J connectivity index is 2.82. The fourth-order valence-corrected chi connectivity index (χ4v) is 1.01. The van der Waals surface area contributed by atoms with E-state index in [4.69, 9.17) is 6.42 Å². The smallest absolute Gasteiger partial charge is 0.287 e. The Kier molecular flexibility index (Phi) is 2.99. The Morgan fingerprint density at radius 2 is 2.31 bits per heavy atom. The number of hydrogen-bond acceptors (Lipinski definition) is 3. The fourth-order valence-electron chi connectivity index (χ4n) is 1.01. The minimum atomic E-state index is -0.795. The Labute approximate surface area is 92.2 Å². The van der Waals surface area contributed by atoms with Gasteiger partial charge in [-0.05, 0) is 13.8 Å². The lowest BCUT2D eigenvalue weighted by Gasteiger charge is -2.18. The minimum absolute atomic E-state index is 0.107. The zero-order valence-corrected chi connectivity index (χ0v) is 8.90. The maximum Gasteiger partial charge on any atom is 0.287 e. The summed E-state index contributed by atoms with van der Waals surface area (Å²) < 4.78 is 0. The van der Waals surface area contributed by atoms with Crippen molar-refractivity contribution in [1.82, 2.24) is 10.3 Å². The fraction of sp³-hybridized carbons (Fsp3) is 0.300. The second-order valence-electron chi connectivity index (χ2n) is 3.75. The summed E-state index contributed by atoms with van der Waals surface area (Å²) in [5, 5.41) is 12.9. The molecule has 84 valence electrons. The molecule has 0 bridgehead atoms. The molecule has 0 atom stereocenters. The van der Waals surface area contributed by atoms with Crippen molar-refractivity contribution in [2.75, 3.05) is 0 Å². The van der Waals surface area contributed by atoms with E-state index in [2.05, 4.69) is 16.2 Å². The highest BCUT2D eigenvalue weighted by molar-refractivity contribution is 5.93. The molecule has 0 aliphatic heterocycles. The molecule has 0 aliphatic carbocycles. The number of terminal acetylenes is 1. The molecule has 0 aliphatic rings. The summed E-state index contributed by atoms with van der Waals surface area (Å²) in [6.07, 6.45) is 6.35. The molecule has 6 nitrogen and oxygen atoms in total.